The molecule has 2 aliphatic rings. The predicted octanol–water partition coefficient (Wildman–Crippen LogP) is 1.42. The van der Waals surface area contributed by atoms with Gasteiger partial charge >= 0.3 is 0 Å². The van der Waals surface area contributed by atoms with Crippen LogP contribution in [-0.2, 0) is 4.79 Å². The van der Waals surface area contributed by atoms with Crippen LogP contribution in [0.2, 0.25) is 0 Å². The van der Waals surface area contributed by atoms with Crippen LogP contribution in [0.3, 0.4) is 0 Å². The fourth-order valence-corrected chi connectivity index (χ4v) is 2.78. The van der Waals surface area contributed by atoms with E-state index in [1.165, 1.54) is 0 Å². The van der Waals surface area contributed by atoms with Crippen molar-refractivity contribution in [3.05, 3.63) is 29.8 Å². The van der Waals surface area contributed by atoms with Crippen LogP contribution in [0, 0.1) is 0 Å². The second kappa shape index (κ2) is 6.81. The fraction of sp³-hybridized carbons (Fsp3) is 0.556. The van der Waals surface area contributed by atoms with Gasteiger partial charge in [0.15, 0.2) is 0 Å². The Hall–Kier alpha value is -2.08. The van der Waals surface area contributed by atoms with Crippen LogP contribution in [0.5, 0.6) is 5.75 Å². The van der Waals surface area contributed by atoms with Gasteiger partial charge in [-0.25, -0.2) is 0 Å². The van der Waals surface area contributed by atoms with Crippen molar-refractivity contribution in [2.24, 2.45) is 0 Å². The molecule has 6 nitrogen and oxygen atoms in total. The summed E-state index contributed by atoms with van der Waals surface area (Å²) in [4.78, 5) is 30.8. The molecule has 1 atom stereocenters. The number of hydrogen-bond acceptors (Lipinski definition) is 4. The normalized spacial score (nSPS) is 20.8. The number of rotatable bonds is 6. The van der Waals surface area contributed by atoms with E-state index in [1.54, 1.807) is 22.8 Å². The van der Waals surface area contributed by atoms with E-state index in [9.17, 15) is 9.59 Å². The minimum atomic E-state index is -0.436. The first kappa shape index (κ1) is 16.8. The number of para-hydroxylation sites is 1. The van der Waals surface area contributed by atoms with Crippen LogP contribution in [0.15, 0.2) is 24.3 Å². The van der Waals surface area contributed by atoms with Crippen molar-refractivity contribution < 1.29 is 14.3 Å². The molecule has 6 heteroatoms. The fourth-order valence-electron chi connectivity index (χ4n) is 2.78. The first-order chi connectivity index (χ1) is 11.5. The third-order valence-electron chi connectivity index (χ3n) is 4.47. The van der Waals surface area contributed by atoms with E-state index < -0.39 is 6.04 Å². The van der Waals surface area contributed by atoms with Gasteiger partial charge in [-0.1, -0.05) is 12.1 Å². The number of ether oxygens (including phenoxy) is 1. The Labute approximate surface area is 143 Å². The Morgan fingerprint density at radius 3 is 2.67 bits per heavy atom. The topological polar surface area (TPSA) is 53.1 Å². The molecule has 1 aromatic carbocycles. The molecule has 0 spiro atoms. The molecule has 1 heterocycles. The Morgan fingerprint density at radius 1 is 1.29 bits per heavy atom. The molecule has 1 saturated carbocycles. The van der Waals surface area contributed by atoms with Crippen molar-refractivity contribution in [3.8, 4) is 5.75 Å². The molecule has 1 saturated heterocycles. The van der Waals surface area contributed by atoms with Crippen molar-refractivity contribution in [2.45, 2.75) is 31.9 Å². The Balaban J connectivity index is 1.74. The third-order valence-corrected chi connectivity index (χ3v) is 4.47. The number of benzene rings is 1. The molecule has 0 N–H and O–H groups in total. The quantitative estimate of drug-likeness (QED) is 0.791. The molecule has 0 bridgehead atoms. The number of amides is 2. The van der Waals surface area contributed by atoms with Crippen molar-refractivity contribution in [1.82, 2.24) is 14.7 Å². The lowest BCUT2D eigenvalue weighted by Gasteiger charge is -2.22. The maximum Gasteiger partial charge on any atom is 0.259 e. The first-order valence-electron chi connectivity index (χ1n) is 8.47. The average molecular weight is 331 g/mol. The maximum atomic E-state index is 13.0. The summed E-state index contributed by atoms with van der Waals surface area (Å²) in [5, 5.41) is 0. The monoisotopic (exact) mass is 331 g/mol. The lowest BCUT2D eigenvalue weighted by Crippen LogP contribution is -2.36. The molecule has 1 aliphatic carbocycles. The van der Waals surface area contributed by atoms with Crippen LogP contribution in [-0.4, -0.2) is 72.5 Å². The summed E-state index contributed by atoms with van der Waals surface area (Å²) < 4.78 is 5.85. The van der Waals surface area contributed by atoms with Crippen LogP contribution in [0.25, 0.3) is 0 Å². The highest BCUT2D eigenvalue weighted by molar-refractivity contribution is 6.01. The molecule has 2 fully saturated rings. The zero-order valence-electron chi connectivity index (χ0n) is 14.6. The van der Waals surface area contributed by atoms with Crippen LogP contribution in [0.4, 0.5) is 0 Å². The van der Waals surface area contributed by atoms with Gasteiger partial charge in [0.05, 0.1) is 18.3 Å². The second-order valence-electron chi connectivity index (χ2n) is 6.81. The number of likely N-dealkylation sites (N-methyl/N-ethyl adjacent to an activating group) is 1. The molecule has 1 unspecified atom stereocenters. The number of hydrogen-bond donors (Lipinski definition) is 0. The third kappa shape index (κ3) is 3.53. The van der Waals surface area contributed by atoms with Gasteiger partial charge in [-0.3, -0.25) is 9.59 Å². The molecule has 0 aromatic heterocycles. The molecule has 1 aliphatic heterocycles. The standard InChI is InChI=1S/C18H25N3O3/c1-13-17(22)20(11-10-19(2)3)12-21(13)18(23)15-6-4-5-7-16(15)24-14-8-9-14/h4-7,13-14H,8-12H2,1-3H3. The largest absolute Gasteiger partial charge is 0.490 e. The van der Waals surface area contributed by atoms with Gasteiger partial charge in [0.2, 0.25) is 5.91 Å². The smallest absolute Gasteiger partial charge is 0.259 e. The highest BCUT2D eigenvalue weighted by atomic mass is 16.5. The molecule has 2 amide bonds. The maximum absolute atomic E-state index is 13.0. The Kier molecular flexibility index (Phi) is 4.76. The van der Waals surface area contributed by atoms with Crippen molar-refractivity contribution in [1.29, 1.82) is 0 Å². The summed E-state index contributed by atoms with van der Waals surface area (Å²) >= 11 is 0. The van der Waals surface area contributed by atoms with E-state index in [-0.39, 0.29) is 17.9 Å². The molecular weight excluding hydrogens is 306 g/mol. The molecular formula is C18H25N3O3. The minimum Gasteiger partial charge on any atom is -0.490 e. The summed E-state index contributed by atoms with van der Waals surface area (Å²) in [6.45, 7) is 3.53. The average Bonchev–Trinajstić information content (AvgIpc) is 3.33. The number of nitrogens with zero attached hydrogens (tertiary/aromatic N) is 3. The minimum absolute atomic E-state index is 0.00536. The molecule has 0 radical (unpaired) electrons. The Bertz CT molecular complexity index is 628. The van der Waals surface area contributed by atoms with E-state index >= 15 is 0 Å². The summed E-state index contributed by atoms with van der Waals surface area (Å²) in [7, 11) is 3.94. The number of carbonyl (C=O) groups excluding carboxylic acids is 2. The van der Waals surface area contributed by atoms with Gasteiger partial charge < -0.3 is 19.4 Å². The second-order valence-corrected chi connectivity index (χ2v) is 6.81. The van der Waals surface area contributed by atoms with Gasteiger partial charge in [-0.2, -0.15) is 0 Å². The zero-order chi connectivity index (χ0) is 17.3. The van der Waals surface area contributed by atoms with E-state index in [0.29, 0.717) is 24.5 Å². The lowest BCUT2D eigenvalue weighted by molar-refractivity contribution is -0.128. The van der Waals surface area contributed by atoms with Crippen molar-refractivity contribution in [3.63, 3.8) is 0 Å². The van der Waals surface area contributed by atoms with Crippen LogP contribution >= 0.6 is 0 Å². The van der Waals surface area contributed by atoms with E-state index in [4.69, 9.17) is 4.74 Å². The van der Waals surface area contributed by atoms with Gasteiger partial charge in [0.25, 0.3) is 5.91 Å². The summed E-state index contributed by atoms with van der Waals surface area (Å²) in [6, 6.07) is 6.88. The van der Waals surface area contributed by atoms with Gasteiger partial charge in [0, 0.05) is 13.1 Å². The Morgan fingerprint density at radius 2 is 2.00 bits per heavy atom. The van der Waals surface area contributed by atoms with Crippen molar-refractivity contribution in [2.75, 3.05) is 33.9 Å². The van der Waals surface area contributed by atoms with Crippen LogP contribution in [0.1, 0.15) is 30.1 Å². The SMILES string of the molecule is CC1C(=O)N(CCN(C)C)CN1C(=O)c1ccccc1OC1CC1. The van der Waals surface area contributed by atoms with E-state index in [1.807, 2.05) is 37.2 Å². The van der Waals surface area contributed by atoms with Gasteiger partial charge in [-0.15, -0.1) is 0 Å². The number of carbonyl (C=O) groups is 2. The summed E-state index contributed by atoms with van der Waals surface area (Å²) in [5.41, 5.74) is 0.540. The summed E-state index contributed by atoms with van der Waals surface area (Å²) in [6.07, 6.45) is 2.31. The lowest BCUT2D eigenvalue weighted by atomic mass is 10.1. The van der Waals surface area contributed by atoms with E-state index in [0.717, 1.165) is 19.4 Å². The van der Waals surface area contributed by atoms with E-state index in [2.05, 4.69) is 0 Å². The first-order valence-corrected chi connectivity index (χ1v) is 8.47. The summed E-state index contributed by atoms with van der Waals surface area (Å²) in [5.74, 6) is 0.488. The van der Waals surface area contributed by atoms with Gasteiger partial charge in [0.1, 0.15) is 11.8 Å². The molecule has 1 aromatic rings. The highest BCUT2D eigenvalue weighted by Crippen LogP contribution is 2.30. The predicted molar refractivity (Wildman–Crippen MR) is 90.9 cm³/mol. The molecule has 24 heavy (non-hydrogen) atoms. The molecule has 130 valence electrons. The highest BCUT2D eigenvalue weighted by Gasteiger charge is 2.39. The van der Waals surface area contributed by atoms with Crippen LogP contribution < -0.4 is 4.74 Å². The molecule has 3 rings (SSSR count). The zero-order valence-corrected chi connectivity index (χ0v) is 14.6. The van der Waals surface area contributed by atoms with Gasteiger partial charge in [-0.05, 0) is 46.0 Å². The van der Waals surface area contributed by atoms with Crippen molar-refractivity contribution >= 4 is 11.8 Å².